The van der Waals surface area contributed by atoms with Crippen LogP contribution in [0.5, 0.6) is 0 Å². The highest BCUT2D eigenvalue weighted by atomic mass is 79.9. The van der Waals surface area contributed by atoms with Gasteiger partial charge in [0, 0.05) is 13.2 Å². The van der Waals surface area contributed by atoms with Gasteiger partial charge in [-0.15, -0.1) is 5.10 Å². The summed E-state index contributed by atoms with van der Waals surface area (Å²) in [5, 5.41) is 17.8. The van der Waals surface area contributed by atoms with Crippen molar-refractivity contribution in [2.24, 2.45) is 7.05 Å². The van der Waals surface area contributed by atoms with Crippen molar-refractivity contribution in [1.29, 1.82) is 0 Å². The van der Waals surface area contributed by atoms with E-state index >= 15 is 0 Å². The van der Waals surface area contributed by atoms with Crippen LogP contribution in [0, 0.1) is 6.92 Å². The minimum absolute atomic E-state index is 0.533. The molecule has 0 aromatic carbocycles. The molecule has 0 fully saturated rings. The van der Waals surface area contributed by atoms with Crippen LogP contribution in [0.15, 0.2) is 22.9 Å². The maximum atomic E-state index is 10.2. The van der Waals surface area contributed by atoms with Gasteiger partial charge in [-0.25, -0.2) is 4.68 Å². The number of pyridine rings is 1. The fourth-order valence-corrected chi connectivity index (χ4v) is 2.02. The third kappa shape index (κ3) is 1.98. The Morgan fingerprint density at radius 1 is 1.50 bits per heavy atom. The smallest absolute Gasteiger partial charge is 0.154 e. The number of aromatic nitrogens is 4. The number of hydrogen-bond acceptors (Lipinski definition) is 4. The predicted octanol–water partition coefficient (Wildman–Crippen LogP) is 1.36. The molecule has 84 valence electrons. The molecule has 2 aromatic rings. The van der Waals surface area contributed by atoms with Gasteiger partial charge in [-0.3, -0.25) is 4.98 Å². The average Bonchev–Trinajstić information content (AvgIpc) is 2.58. The first-order valence-electron chi connectivity index (χ1n) is 4.75. The molecule has 0 spiro atoms. The molecule has 1 unspecified atom stereocenters. The Kier molecular flexibility index (Phi) is 3.02. The topological polar surface area (TPSA) is 63.8 Å². The van der Waals surface area contributed by atoms with Crippen molar-refractivity contribution in [3.05, 3.63) is 39.9 Å². The van der Waals surface area contributed by atoms with Crippen LogP contribution in [0.1, 0.15) is 23.1 Å². The van der Waals surface area contributed by atoms with Crippen LogP contribution in [0.2, 0.25) is 0 Å². The number of hydrogen-bond donors (Lipinski definition) is 1. The van der Waals surface area contributed by atoms with Crippen LogP contribution >= 0.6 is 15.9 Å². The summed E-state index contributed by atoms with van der Waals surface area (Å²) in [6, 6.07) is 3.72. The molecule has 0 saturated carbocycles. The first kappa shape index (κ1) is 11.2. The highest BCUT2D eigenvalue weighted by molar-refractivity contribution is 9.10. The maximum absolute atomic E-state index is 10.2. The predicted molar refractivity (Wildman–Crippen MR) is 61.7 cm³/mol. The molecular weight excluding hydrogens is 272 g/mol. The second-order valence-corrected chi connectivity index (χ2v) is 4.30. The van der Waals surface area contributed by atoms with E-state index in [1.807, 2.05) is 19.1 Å². The van der Waals surface area contributed by atoms with E-state index in [4.69, 9.17) is 0 Å². The Morgan fingerprint density at radius 3 is 2.81 bits per heavy atom. The number of aryl methyl sites for hydroxylation is 2. The van der Waals surface area contributed by atoms with Crippen LogP contribution in [0.25, 0.3) is 0 Å². The normalized spacial score (nSPS) is 12.8. The lowest BCUT2D eigenvalue weighted by Crippen LogP contribution is -2.09. The monoisotopic (exact) mass is 282 g/mol. The second-order valence-electron chi connectivity index (χ2n) is 3.55. The third-order valence-electron chi connectivity index (χ3n) is 2.30. The first-order valence-corrected chi connectivity index (χ1v) is 5.54. The molecule has 0 aliphatic rings. The van der Waals surface area contributed by atoms with E-state index in [-0.39, 0.29) is 0 Å². The minimum atomic E-state index is -0.825. The van der Waals surface area contributed by atoms with E-state index < -0.39 is 6.10 Å². The van der Waals surface area contributed by atoms with Crippen LogP contribution in [0.3, 0.4) is 0 Å². The van der Waals surface area contributed by atoms with Crippen molar-refractivity contribution in [2.45, 2.75) is 13.0 Å². The van der Waals surface area contributed by atoms with Gasteiger partial charge in [-0.05, 0) is 40.5 Å². The van der Waals surface area contributed by atoms with Gasteiger partial charge in [0.25, 0.3) is 0 Å². The number of aliphatic hydroxyl groups excluding tert-OH is 1. The van der Waals surface area contributed by atoms with Crippen molar-refractivity contribution in [1.82, 2.24) is 20.0 Å². The van der Waals surface area contributed by atoms with Crippen molar-refractivity contribution in [2.75, 3.05) is 0 Å². The molecule has 16 heavy (non-hydrogen) atoms. The number of halogens is 1. The van der Waals surface area contributed by atoms with Gasteiger partial charge in [0.15, 0.2) is 4.60 Å². The average molecular weight is 283 g/mol. The lowest BCUT2D eigenvalue weighted by molar-refractivity contribution is 0.204. The van der Waals surface area contributed by atoms with Gasteiger partial charge in [0.05, 0.1) is 5.69 Å². The molecule has 0 radical (unpaired) electrons. The van der Waals surface area contributed by atoms with E-state index in [0.717, 1.165) is 5.56 Å². The van der Waals surface area contributed by atoms with Gasteiger partial charge < -0.3 is 5.11 Å². The second kappa shape index (κ2) is 4.31. The van der Waals surface area contributed by atoms with E-state index in [1.165, 1.54) is 4.68 Å². The Bertz CT molecular complexity index is 492. The standard InChI is InChI=1S/C10H11BrN4O/c1-6-3-4-12-7(5-6)9(16)8-10(11)13-14-15(8)2/h3-5,9,16H,1-2H3. The molecule has 1 atom stereocenters. The molecule has 1 N–H and O–H groups in total. The summed E-state index contributed by atoms with van der Waals surface area (Å²) >= 11 is 3.25. The van der Waals surface area contributed by atoms with Gasteiger partial charge in [0.1, 0.15) is 11.8 Å². The van der Waals surface area contributed by atoms with Crippen LogP contribution in [0.4, 0.5) is 0 Å². The molecule has 2 rings (SSSR count). The summed E-state index contributed by atoms with van der Waals surface area (Å²) in [5.74, 6) is 0. The summed E-state index contributed by atoms with van der Waals surface area (Å²) < 4.78 is 2.06. The van der Waals surface area contributed by atoms with Crippen molar-refractivity contribution >= 4 is 15.9 Å². The summed E-state index contributed by atoms with van der Waals surface area (Å²) in [6.07, 6.45) is 0.847. The SMILES string of the molecule is Cc1ccnc(C(O)c2c(Br)nnn2C)c1. The molecule has 0 amide bonds. The molecule has 0 aliphatic heterocycles. The van der Waals surface area contributed by atoms with Crippen LogP contribution in [-0.4, -0.2) is 25.1 Å². The van der Waals surface area contributed by atoms with E-state index in [0.29, 0.717) is 16.0 Å². The molecule has 2 aromatic heterocycles. The van der Waals surface area contributed by atoms with Gasteiger partial charge in [-0.1, -0.05) is 5.21 Å². The molecule has 2 heterocycles. The zero-order chi connectivity index (χ0) is 11.7. The summed E-state index contributed by atoms with van der Waals surface area (Å²) in [7, 11) is 1.73. The van der Waals surface area contributed by atoms with E-state index in [2.05, 4.69) is 31.2 Å². The van der Waals surface area contributed by atoms with Crippen molar-refractivity contribution in [3.8, 4) is 0 Å². The zero-order valence-electron chi connectivity index (χ0n) is 8.92. The molecule has 6 heteroatoms. The van der Waals surface area contributed by atoms with Crippen LogP contribution < -0.4 is 0 Å². The summed E-state index contributed by atoms with van der Waals surface area (Å²) in [4.78, 5) is 4.14. The maximum Gasteiger partial charge on any atom is 0.154 e. The Hall–Kier alpha value is -1.27. The Morgan fingerprint density at radius 2 is 2.25 bits per heavy atom. The van der Waals surface area contributed by atoms with Crippen molar-refractivity contribution in [3.63, 3.8) is 0 Å². The van der Waals surface area contributed by atoms with E-state index in [1.54, 1.807) is 13.2 Å². The highest BCUT2D eigenvalue weighted by Crippen LogP contribution is 2.25. The largest absolute Gasteiger partial charge is 0.380 e. The third-order valence-corrected chi connectivity index (χ3v) is 2.87. The molecule has 5 nitrogen and oxygen atoms in total. The highest BCUT2D eigenvalue weighted by Gasteiger charge is 2.20. The number of aliphatic hydroxyl groups is 1. The molecular formula is C10H11BrN4O. The zero-order valence-corrected chi connectivity index (χ0v) is 10.5. The Labute approximate surface area is 101 Å². The van der Waals surface area contributed by atoms with E-state index in [9.17, 15) is 5.11 Å². The van der Waals surface area contributed by atoms with Gasteiger partial charge in [-0.2, -0.15) is 0 Å². The molecule has 0 saturated heterocycles. The minimum Gasteiger partial charge on any atom is -0.380 e. The fraction of sp³-hybridized carbons (Fsp3) is 0.300. The molecule has 0 bridgehead atoms. The van der Waals surface area contributed by atoms with Crippen molar-refractivity contribution < 1.29 is 5.11 Å². The lowest BCUT2D eigenvalue weighted by Gasteiger charge is -2.10. The summed E-state index contributed by atoms with van der Waals surface area (Å²) in [5.41, 5.74) is 2.24. The first-order chi connectivity index (χ1) is 7.59. The lowest BCUT2D eigenvalue weighted by atomic mass is 10.1. The summed E-state index contributed by atoms with van der Waals surface area (Å²) in [6.45, 7) is 1.95. The fourth-order valence-electron chi connectivity index (χ4n) is 1.48. The quantitative estimate of drug-likeness (QED) is 0.904. The Balaban J connectivity index is 2.43. The van der Waals surface area contributed by atoms with Gasteiger partial charge >= 0.3 is 0 Å². The van der Waals surface area contributed by atoms with Gasteiger partial charge in [0.2, 0.25) is 0 Å². The molecule has 0 aliphatic carbocycles. The number of nitrogens with zero attached hydrogens (tertiary/aromatic N) is 4. The number of rotatable bonds is 2. The van der Waals surface area contributed by atoms with Crippen LogP contribution in [-0.2, 0) is 7.05 Å².